The molecule has 0 aromatic heterocycles. The zero-order valence-electron chi connectivity index (χ0n) is 46.8. The van der Waals surface area contributed by atoms with Crippen molar-refractivity contribution in [1.82, 2.24) is 0 Å². The molecule has 0 spiro atoms. The molecule has 0 aliphatic carbocycles. The van der Waals surface area contributed by atoms with E-state index < -0.39 is 67.3 Å². The molecule has 426 valence electrons. The lowest BCUT2D eigenvalue weighted by Gasteiger charge is -2.40. The number of allylic oxidation sites excluding steroid dienone is 16. The molecule has 0 saturated carbocycles. The summed E-state index contributed by atoms with van der Waals surface area (Å²) in [4.78, 5) is 51.0. The summed E-state index contributed by atoms with van der Waals surface area (Å²) in [5.74, 6) is -3.28. The summed E-state index contributed by atoms with van der Waals surface area (Å²) < 4.78 is 28.3. The molecule has 0 radical (unpaired) electrons. The van der Waals surface area contributed by atoms with Crippen LogP contribution in [-0.2, 0) is 42.9 Å². The predicted molar refractivity (Wildman–Crippen MR) is 303 cm³/mol. The quantitative estimate of drug-likeness (QED) is 0.0228. The molecule has 0 bridgehead atoms. The van der Waals surface area contributed by atoms with Gasteiger partial charge in [-0.25, -0.2) is 4.79 Å². The second-order valence-electron chi connectivity index (χ2n) is 19.5. The fraction of sp³-hybridized carbons (Fsp3) is 0.683. The van der Waals surface area contributed by atoms with Crippen LogP contribution in [0.15, 0.2) is 97.2 Å². The number of unbranched alkanes of at least 4 members (excludes halogenated alkanes) is 18. The van der Waals surface area contributed by atoms with Crippen molar-refractivity contribution in [2.75, 3.05) is 13.2 Å². The van der Waals surface area contributed by atoms with Crippen molar-refractivity contribution in [3.8, 4) is 0 Å². The smallest absolute Gasteiger partial charge is 0.335 e. The van der Waals surface area contributed by atoms with E-state index in [0.29, 0.717) is 25.7 Å². The second kappa shape index (κ2) is 50.5. The first kappa shape index (κ1) is 68.7. The molecular formula is C63H102O12. The summed E-state index contributed by atoms with van der Waals surface area (Å²) in [6, 6.07) is 0. The fourth-order valence-electron chi connectivity index (χ4n) is 8.21. The van der Waals surface area contributed by atoms with E-state index in [-0.39, 0.29) is 25.9 Å². The topological polar surface area (TPSA) is 175 Å². The van der Waals surface area contributed by atoms with E-state index in [9.17, 15) is 34.5 Å². The normalized spacial score (nSPS) is 18.9. The van der Waals surface area contributed by atoms with E-state index in [1.165, 1.54) is 83.5 Å². The molecule has 1 aliphatic rings. The van der Waals surface area contributed by atoms with E-state index >= 15 is 0 Å². The number of carbonyl (C=O) groups excluding carboxylic acids is 3. The summed E-state index contributed by atoms with van der Waals surface area (Å²) in [5.41, 5.74) is 0. The highest BCUT2D eigenvalue weighted by Gasteiger charge is 2.50. The van der Waals surface area contributed by atoms with Crippen molar-refractivity contribution < 1.29 is 58.2 Å². The maximum Gasteiger partial charge on any atom is 0.335 e. The molecule has 12 heteroatoms. The maximum absolute atomic E-state index is 13.1. The third-order valence-electron chi connectivity index (χ3n) is 12.6. The Balaban J connectivity index is 2.72. The highest BCUT2D eigenvalue weighted by Crippen LogP contribution is 2.26. The Hall–Kier alpha value is -4.36. The van der Waals surface area contributed by atoms with Crippen LogP contribution in [0.2, 0.25) is 0 Å². The van der Waals surface area contributed by atoms with E-state index in [4.69, 9.17) is 23.7 Å². The molecular weight excluding hydrogens is 949 g/mol. The third-order valence-corrected chi connectivity index (χ3v) is 12.6. The van der Waals surface area contributed by atoms with Crippen LogP contribution in [0, 0.1) is 0 Å². The van der Waals surface area contributed by atoms with Gasteiger partial charge >= 0.3 is 23.9 Å². The molecule has 12 nitrogen and oxygen atoms in total. The van der Waals surface area contributed by atoms with Gasteiger partial charge in [0.25, 0.3) is 0 Å². The summed E-state index contributed by atoms with van der Waals surface area (Å²) >= 11 is 0. The number of aliphatic hydroxyl groups excluding tert-OH is 2. The molecule has 3 N–H and O–H groups in total. The Kier molecular flexibility index (Phi) is 46.2. The van der Waals surface area contributed by atoms with Gasteiger partial charge in [-0.1, -0.05) is 201 Å². The Morgan fingerprint density at radius 2 is 0.867 bits per heavy atom. The first-order chi connectivity index (χ1) is 36.6. The fourth-order valence-corrected chi connectivity index (χ4v) is 8.21. The average Bonchev–Trinajstić information content (AvgIpc) is 3.39. The van der Waals surface area contributed by atoms with Crippen LogP contribution < -0.4 is 0 Å². The monoisotopic (exact) mass is 1050 g/mol. The van der Waals surface area contributed by atoms with E-state index in [1.54, 1.807) is 0 Å². The third kappa shape index (κ3) is 40.6. The molecule has 1 fully saturated rings. The van der Waals surface area contributed by atoms with Gasteiger partial charge in [-0.15, -0.1) is 0 Å². The van der Waals surface area contributed by atoms with Crippen LogP contribution in [0.5, 0.6) is 0 Å². The average molecular weight is 1050 g/mol. The van der Waals surface area contributed by atoms with Gasteiger partial charge in [0.1, 0.15) is 18.8 Å². The minimum atomic E-state index is -1.93. The van der Waals surface area contributed by atoms with Gasteiger partial charge in [0.05, 0.1) is 6.61 Å². The number of aliphatic hydroxyl groups is 2. The molecule has 1 heterocycles. The minimum Gasteiger partial charge on any atom is -0.479 e. The van der Waals surface area contributed by atoms with Crippen LogP contribution in [0.4, 0.5) is 0 Å². The van der Waals surface area contributed by atoms with Crippen molar-refractivity contribution in [2.24, 2.45) is 0 Å². The zero-order valence-corrected chi connectivity index (χ0v) is 46.8. The van der Waals surface area contributed by atoms with E-state index in [0.717, 1.165) is 77.0 Å². The Labute approximate surface area is 453 Å². The van der Waals surface area contributed by atoms with Gasteiger partial charge in [0, 0.05) is 19.3 Å². The van der Waals surface area contributed by atoms with Gasteiger partial charge in [0.2, 0.25) is 0 Å². The highest BCUT2D eigenvalue weighted by molar-refractivity contribution is 5.74. The van der Waals surface area contributed by atoms with Crippen LogP contribution in [0.1, 0.15) is 226 Å². The van der Waals surface area contributed by atoms with Crippen molar-refractivity contribution in [3.63, 3.8) is 0 Å². The number of hydrogen-bond acceptors (Lipinski definition) is 11. The first-order valence-corrected chi connectivity index (χ1v) is 29.2. The molecule has 0 amide bonds. The zero-order chi connectivity index (χ0) is 54.7. The molecule has 6 unspecified atom stereocenters. The first-order valence-electron chi connectivity index (χ1n) is 29.2. The van der Waals surface area contributed by atoms with Gasteiger partial charge < -0.3 is 39.0 Å². The second-order valence-corrected chi connectivity index (χ2v) is 19.5. The SMILES string of the molecule is CC/C=C\C/C=C\C/C=C\C/C=C\CCC(=O)OC1C(OCC(COC(=O)CCCCCCCCCCC/C=C\CCCCCCCC)OC(=O)CCCCC/C=C\C/C=C\C/C=C\CC)OC(C(=O)O)C(O)C1O. The molecule has 0 aromatic carbocycles. The number of ether oxygens (including phenoxy) is 5. The van der Waals surface area contributed by atoms with Crippen LogP contribution in [0.3, 0.4) is 0 Å². The van der Waals surface area contributed by atoms with Gasteiger partial charge in [-0.3, -0.25) is 14.4 Å². The molecule has 6 atom stereocenters. The molecule has 1 rings (SSSR count). The summed E-state index contributed by atoms with van der Waals surface area (Å²) in [7, 11) is 0. The van der Waals surface area contributed by atoms with E-state index in [2.05, 4.69) is 99.8 Å². The van der Waals surface area contributed by atoms with Crippen LogP contribution in [0.25, 0.3) is 0 Å². The van der Waals surface area contributed by atoms with Crippen LogP contribution >= 0.6 is 0 Å². The minimum absolute atomic E-state index is 0.0681. The Morgan fingerprint density at radius 1 is 0.453 bits per heavy atom. The standard InChI is InChI=1S/C63H102O12/c1-4-7-10-13-16-19-22-25-26-27-28-29-30-33-34-37-40-43-46-49-55(64)71-52-54(73-56(65)50-47-44-41-38-35-31-23-20-17-14-11-8-5-2)53-72-63-61(59(68)58(67)60(75-63)62(69)70)74-57(66)51-48-45-42-39-36-32-24-21-18-15-12-9-6-3/h8-9,11-12,17-18,20-21,25-26,31-32,35-36,42,45,54,58-61,63,67-68H,4-7,10,13-16,19,22-24,27-30,33-34,37-41,43-44,46-53H2,1-3H3,(H,69,70)/b11-8-,12-9-,20-17-,21-18-,26-25-,35-31-,36-32-,45-42-. The summed E-state index contributed by atoms with van der Waals surface area (Å²) in [5, 5.41) is 31.4. The van der Waals surface area contributed by atoms with Crippen molar-refractivity contribution in [2.45, 2.75) is 263 Å². The number of rotatable bonds is 48. The number of hydrogen-bond donors (Lipinski definition) is 3. The lowest BCUT2D eigenvalue weighted by atomic mass is 9.98. The molecule has 1 aliphatic heterocycles. The lowest BCUT2D eigenvalue weighted by molar-refractivity contribution is -0.301. The highest BCUT2D eigenvalue weighted by atomic mass is 16.7. The lowest BCUT2D eigenvalue weighted by Crippen LogP contribution is -2.61. The van der Waals surface area contributed by atoms with Gasteiger partial charge in [0.15, 0.2) is 24.6 Å². The number of carboxylic acids is 1. The number of aliphatic carboxylic acids is 1. The summed E-state index contributed by atoms with van der Waals surface area (Å²) in [6.07, 6.45) is 54.1. The van der Waals surface area contributed by atoms with Gasteiger partial charge in [-0.05, 0) is 103 Å². The van der Waals surface area contributed by atoms with E-state index in [1.807, 2.05) is 18.2 Å². The predicted octanol–water partition coefficient (Wildman–Crippen LogP) is 14.9. The number of carbonyl (C=O) groups is 4. The van der Waals surface area contributed by atoms with Crippen molar-refractivity contribution in [1.29, 1.82) is 0 Å². The molecule has 75 heavy (non-hydrogen) atoms. The number of carboxylic acid groups (broad SMARTS) is 1. The van der Waals surface area contributed by atoms with Crippen molar-refractivity contribution >= 4 is 23.9 Å². The molecule has 1 saturated heterocycles. The largest absolute Gasteiger partial charge is 0.479 e. The Bertz CT molecular complexity index is 1670. The van der Waals surface area contributed by atoms with Crippen molar-refractivity contribution in [3.05, 3.63) is 97.2 Å². The number of esters is 3. The van der Waals surface area contributed by atoms with Crippen LogP contribution in [-0.4, -0.2) is 89.2 Å². The summed E-state index contributed by atoms with van der Waals surface area (Å²) in [6.45, 7) is 5.69. The maximum atomic E-state index is 13.1. The molecule has 0 aromatic rings. The van der Waals surface area contributed by atoms with Gasteiger partial charge in [-0.2, -0.15) is 0 Å². The Morgan fingerprint density at radius 3 is 1.36 bits per heavy atom.